The van der Waals surface area contributed by atoms with Crippen molar-refractivity contribution >= 4 is 23.2 Å². The van der Waals surface area contributed by atoms with Crippen LogP contribution in [-0.4, -0.2) is 9.67 Å². The molecule has 0 saturated carbocycles. The number of aliphatic hydroxyl groups excluding tert-OH is 1. The normalized spacial score (nSPS) is 18.1. The van der Waals surface area contributed by atoms with Gasteiger partial charge in [-0.25, -0.2) is 4.39 Å². The number of aryl methyl sites for hydroxylation is 1. The molecule has 0 bridgehead atoms. The van der Waals surface area contributed by atoms with Gasteiger partial charge in [-0.1, -0.05) is 23.2 Å². The van der Waals surface area contributed by atoms with Crippen LogP contribution >= 0.6 is 23.2 Å². The van der Waals surface area contributed by atoms with Crippen LogP contribution in [0.5, 0.6) is 0 Å². The van der Waals surface area contributed by atoms with Gasteiger partial charge in [0.25, 0.3) is 0 Å². The van der Waals surface area contributed by atoms with Crippen molar-refractivity contribution in [2.45, 2.75) is 32.3 Å². The first-order valence-corrected chi connectivity index (χ1v) is 7.28. The maximum absolute atomic E-state index is 13.3. The molecule has 0 amide bonds. The lowest BCUT2D eigenvalue weighted by atomic mass is 9.95. The Morgan fingerprint density at radius 3 is 2.55 bits per heavy atom. The fraction of sp³-hybridized carbons (Fsp3) is 0.333. The Balaban J connectivity index is 2.26. The van der Waals surface area contributed by atoms with Crippen LogP contribution in [0.25, 0.3) is 5.69 Å². The lowest BCUT2D eigenvalue weighted by molar-refractivity contribution is 0.156. The van der Waals surface area contributed by atoms with Gasteiger partial charge in [0.2, 0.25) is 0 Å². The standard InChI is InChI=1S/C15H14Cl2FNO/c1-8-5-10-13(3-2-4-14(10)20)19(8)15-11(16)6-9(18)7-12(15)17/h5-7,14,20H,2-4H2,1H3. The Bertz CT molecular complexity index is 658. The van der Waals surface area contributed by atoms with Gasteiger partial charge in [-0.2, -0.15) is 0 Å². The van der Waals surface area contributed by atoms with Crippen molar-refractivity contribution in [3.8, 4) is 5.69 Å². The van der Waals surface area contributed by atoms with E-state index in [-0.39, 0.29) is 10.0 Å². The molecule has 1 atom stereocenters. The Labute approximate surface area is 126 Å². The van der Waals surface area contributed by atoms with E-state index >= 15 is 0 Å². The van der Waals surface area contributed by atoms with Gasteiger partial charge >= 0.3 is 0 Å². The molecule has 2 aromatic rings. The highest BCUT2D eigenvalue weighted by Crippen LogP contribution is 2.38. The molecule has 1 aromatic carbocycles. The van der Waals surface area contributed by atoms with E-state index in [9.17, 15) is 9.50 Å². The molecule has 1 N–H and O–H groups in total. The van der Waals surface area contributed by atoms with Gasteiger partial charge in [0.15, 0.2) is 0 Å². The molecule has 1 aromatic heterocycles. The minimum Gasteiger partial charge on any atom is -0.388 e. The van der Waals surface area contributed by atoms with Crippen molar-refractivity contribution in [1.82, 2.24) is 4.57 Å². The molecule has 1 heterocycles. The fourth-order valence-corrected chi connectivity index (χ4v) is 3.57. The van der Waals surface area contributed by atoms with Crippen LogP contribution in [0.3, 0.4) is 0 Å². The zero-order chi connectivity index (χ0) is 14.4. The molecular formula is C15H14Cl2FNO. The Morgan fingerprint density at radius 1 is 1.25 bits per heavy atom. The number of hydrogen-bond acceptors (Lipinski definition) is 1. The second-order valence-corrected chi connectivity index (χ2v) is 5.96. The lowest BCUT2D eigenvalue weighted by Crippen LogP contribution is -2.12. The number of halogens is 3. The molecule has 106 valence electrons. The minimum atomic E-state index is -0.456. The maximum atomic E-state index is 13.3. The number of rotatable bonds is 1. The van der Waals surface area contributed by atoms with Crippen LogP contribution in [0.4, 0.5) is 4.39 Å². The predicted molar refractivity (Wildman–Crippen MR) is 78.4 cm³/mol. The minimum absolute atomic E-state index is 0.275. The summed E-state index contributed by atoms with van der Waals surface area (Å²) in [6, 6.07) is 4.47. The highest BCUT2D eigenvalue weighted by atomic mass is 35.5. The molecule has 5 heteroatoms. The molecule has 0 saturated heterocycles. The van der Waals surface area contributed by atoms with Gasteiger partial charge < -0.3 is 9.67 Å². The average molecular weight is 314 g/mol. The van der Waals surface area contributed by atoms with E-state index in [1.165, 1.54) is 12.1 Å². The SMILES string of the molecule is Cc1cc2c(n1-c1c(Cl)cc(F)cc1Cl)CCCC2O. The highest BCUT2D eigenvalue weighted by Gasteiger charge is 2.25. The van der Waals surface area contributed by atoms with Crippen molar-refractivity contribution in [3.63, 3.8) is 0 Å². The topological polar surface area (TPSA) is 25.2 Å². The van der Waals surface area contributed by atoms with E-state index in [2.05, 4.69) is 0 Å². The summed E-state index contributed by atoms with van der Waals surface area (Å²) in [5.41, 5.74) is 3.45. The summed E-state index contributed by atoms with van der Waals surface area (Å²) in [4.78, 5) is 0. The Morgan fingerprint density at radius 2 is 1.90 bits per heavy atom. The number of fused-ring (bicyclic) bond motifs is 1. The van der Waals surface area contributed by atoms with Gasteiger partial charge in [-0.3, -0.25) is 0 Å². The molecule has 1 aliphatic carbocycles. The molecule has 1 unspecified atom stereocenters. The molecule has 1 aliphatic rings. The second kappa shape index (κ2) is 5.06. The number of aromatic nitrogens is 1. The highest BCUT2D eigenvalue weighted by molar-refractivity contribution is 6.37. The molecule has 0 aliphatic heterocycles. The van der Waals surface area contributed by atoms with Crippen molar-refractivity contribution < 1.29 is 9.50 Å². The monoisotopic (exact) mass is 313 g/mol. The van der Waals surface area contributed by atoms with Crippen LogP contribution < -0.4 is 0 Å². The summed E-state index contributed by atoms with van der Waals surface area (Å²) in [6.07, 6.45) is 2.08. The summed E-state index contributed by atoms with van der Waals surface area (Å²) in [5.74, 6) is -0.456. The van der Waals surface area contributed by atoms with E-state index in [1.807, 2.05) is 17.6 Å². The van der Waals surface area contributed by atoms with E-state index in [1.54, 1.807) is 0 Å². The first-order valence-electron chi connectivity index (χ1n) is 6.53. The summed E-state index contributed by atoms with van der Waals surface area (Å²) in [6.45, 7) is 1.93. The Kier molecular flexibility index (Phi) is 3.53. The molecule has 3 rings (SSSR count). The van der Waals surface area contributed by atoms with Crippen LogP contribution in [0.15, 0.2) is 18.2 Å². The lowest BCUT2D eigenvalue weighted by Gasteiger charge is -2.21. The first kappa shape index (κ1) is 13.9. The van der Waals surface area contributed by atoms with Gasteiger partial charge in [-0.15, -0.1) is 0 Å². The van der Waals surface area contributed by atoms with Crippen molar-refractivity contribution in [1.29, 1.82) is 0 Å². The quantitative estimate of drug-likeness (QED) is 0.817. The summed E-state index contributed by atoms with van der Waals surface area (Å²) >= 11 is 12.3. The molecule has 0 radical (unpaired) electrons. The largest absolute Gasteiger partial charge is 0.388 e. The van der Waals surface area contributed by atoms with E-state index in [4.69, 9.17) is 23.2 Å². The molecule has 0 fully saturated rings. The van der Waals surface area contributed by atoms with Crippen molar-refractivity contribution in [2.24, 2.45) is 0 Å². The first-order chi connectivity index (χ1) is 9.49. The molecular weight excluding hydrogens is 300 g/mol. The number of aliphatic hydroxyl groups is 1. The second-order valence-electron chi connectivity index (χ2n) is 5.15. The van der Waals surface area contributed by atoms with Crippen LogP contribution in [0, 0.1) is 12.7 Å². The third-order valence-electron chi connectivity index (χ3n) is 3.78. The van der Waals surface area contributed by atoms with Crippen molar-refractivity contribution in [2.75, 3.05) is 0 Å². The van der Waals surface area contributed by atoms with E-state index < -0.39 is 11.9 Å². The average Bonchev–Trinajstić information content (AvgIpc) is 2.67. The van der Waals surface area contributed by atoms with Gasteiger partial charge in [-0.05, 0) is 44.4 Å². The Hall–Kier alpha value is -1.03. The number of hydrogen-bond donors (Lipinski definition) is 1. The van der Waals surface area contributed by atoms with Gasteiger partial charge in [0.05, 0.1) is 21.8 Å². The van der Waals surface area contributed by atoms with E-state index in [0.717, 1.165) is 36.2 Å². The summed E-state index contributed by atoms with van der Waals surface area (Å²) in [5, 5.41) is 10.6. The summed E-state index contributed by atoms with van der Waals surface area (Å²) < 4.78 is 15.3. The third-order valence-corrected chi connectivity index (χ3v) is 4.35. The molecule has 20 heavy (non-hydrogen) atoms. The summed E-state index contributed by atoms with van der Waals surface area (Å²) in [7, 11) is 0. The van der Waals surface area contributed by atoms with E-state index in [0.29, 0.717) is 5.69 Å². The van der Waals surface area contributed by atoms with Crippen LogP contribution in [0.1, 0.15) is 35.9 Å². The predicted octanol–water partition coefficient (Wildman–Crippen LogP) is 4.60. The van der Waals surface area contributed by atoms with Gasteiger partial charge in [0, 0.05) is 17.0 Å². The van der Waals surface area contributed by atoms with Crippen molar-refractivity contribution in [3.05, 3.63) is 51.0 Å². The fourth-order valence-electron chi connectivity index (χ4n) is 2.94. The number of nitrogens with zero attached hydrogens (tertiary/aromatic N) is 1. The zero-order valence-corrected chi connectivity index (χ0v) is 12.5. The van der Waals surface area contributed by atoms with Gasteiger partial charge in [0.1, 0.15) is 5.82 Å². The van der Waals surface area contributed by atoms with Crippen LogP contribution in [0.2, 0.25) is 10.0 Å². The number of benzene rings is 1. The maximum Gasteiger partial charge on any atom is 0.126 e. The molecule has 0 spiro atoms. The third kappa shape index (κ3) is 2.14. The molecule has 2 nitrogen and oxygen atoms in total. The zero-order valence-electron chi connectivity index (χ0n) is 11.0. The smallest absolute Gasteiger partial charge is 0.126 e. The van der Waals surface area contributed by atoms with Crippen LogP contribution in [-0.2, 0) is 6.42 Å².